The van der Waals surface area contributed by atoms with Gasteiger partial charge in [-0.25, -0.2) is 4.98 Å². The van der Waals surface area contributed by atoms with Crippen molar-refractivity contribution in [3.8, 4) is 17.1 Å². The number of amides is 1. The van der Waals surface area contributed by atoms with E-state index in [1.165, 1.54) is 24.2 Å². The largest absolute Gasteiger partial charge is 0.494 e. The lowest BCUT2D eigenvalue weighted by Gasteiger charge is -2.16. The molecule has 13 heteroatoms. The van der Waals surface area contributed by atoms with Crippen molar-refractivity contribution >= 4 is 28.9 Å². The number of ether oxygens (including phenoxy) is 1. The lowest BCUT2D eigenvalue weighted by molar-refractivity contribution is -0.146. The van der Waals surface area contributed by atoms with Crippen molar-refractivity contribution in [3.05, 3.63) is 41.4 Å². The third kappa shape index (κ3) is 4.71. The van der Waals surface area contributed by atoms with Gasteiger partial charge in [0, 0.05) is 13.1 Å². The van der Waals surface area contributed by atoms with Crippen LogP contribution in [0.4, 0.5) is 24.5 Å². The number of nitrogens with zero attached hydrogens (tertiary/aromatic N) is 5. The van der Waals surface area contributed by atoms with Gasteiger partial charge < -0.3 is 10.1 Å². The average Bonchev–Trinajstić information content (AvgIpc) is 3.06. The van der Waals surface area contributed by atoms with E-state index < -0.39 is 17.9 Å². The smallest absolute Gasteiger partial charge is 0.484 e. The van der Waals surface area contributed by atoms with Crippen molar-refractivity contribution in [1.29, 1.82) is 0 Å². The minimum Gasteiger partial charge on any atom is -0.494 e. The molecule has 0 fully saturated rings. The molecule has 1 aromatic carbocycles. The van der Waals surface area contributed by atoms with E-state index in [2.05, 4.69) is 25.6 Å². The minimum absolute atomic E-state index is 0.101. The van der Waals surface area contributed by atoms with E-state index in [0.717, 1.165) is 5.32 Å². The molecule has 0 spiro atoms. The van der Waals surface area contributed by atoms with Crippen LogP contribution in [0.25, 0.3) is 11.4 Å². The number of methoxy groups -OCH3 is 1. The number of nitrogens with one attached hydrogen (secondary N) is 2. The van der Waals surface area contributed by atoms with Gasteiger partial charge in [-0.3, -0.25) is 14.8 Å². The SMILES string of the molecule is COc1c(Nc2cc(Cl)nnc2C(=O)NC(F)(F)F)cccc1-c1ncn(C)n1. The predicted octanol–water partition coefficient (Wildman–Crippen LogP) is 2.93. The van der Waals surface area contributed by atoms with Crippen LogP contribution in [0.3, 0.4) is 0 Å². The van der Waals surface area contributed by atoms with Crippen LogP contribution in [0.15, 0.2) is 30.6 Å². The van der Waals surface area contributed by atoms with E-state index in [9.17, 15) is 18.0 Å². The Balaban J connectivity index is 2.02. The summed E-state index contributed by atoms with van der Waals surface area (Å²) in [7, 11) is 3.10. The molecule has 0 aliphatic heterocycles. The second kappa shape index (κ2) is 7.91. The van der Waals surface area contributed by atoms with Crippen LogP contribution in [-0.2, 0) is 7.05 Å². The van der Waals surface area contributed by atoms with Gasteiger partial charge in [0.05, 0.1) is 24.0 Å². The van der Waals surface area contributed by atoms with E-state index in [4.69, 9.17) is 16.3 Å². The summed E-state index contributed by atoms with van der Waals surface area (Å²) in [5.41, 5.74) is 0.140. The second-order valence-corrected chi connectivity index (χ2v) is 6.02. The van der Waals surface area contributed by atoms with Gasteiger partial charge in [0.1, 0.15) is 6.33 Å². The Morgan fingerprint density at radius 3 is 2.62 bits per heavy atom. The van der Waals surface area contributed by atoms with Crippen LogP contribution >= 0.6 is 11.6 Å². The number of carbonyl (C=O) groups is 1. The van der Waals surface area contributed by atoms with Crippen molar-refractivity contribution in [1.82, 2.24) is 30.3 Å². The molecule has 2 heterocycles. The van der Waals surface area contributed by atoms with Gasteiger partial charge in [-0.05, 0) is 12.1 Å². The number of aryl methyl sites for hydroxylation is 1. The van der Waals surface area contributed by atoms with Crippen LogP contribution in [-0.4, -0.2) is 44.3 Å². The maximum atomic E-state index is 12.5. The van der Waals surface area contributed by atoms with Crippen molar-refractivity contribution in [2.75, 3.05) is 12.4 Å². The third-order valence-electron chi connectivity index (χ3n) is 3.56. The number of hydrogen-bond donors (Lipinski definition) is 2. The number of halogens is 4. The summed E-state index contributed by atoms with van der Waals surface area (Å²) < 4.78 is 44.5. The number of para-hydroxylation sites is 1. The number of carbonyl (C=O) groups excluding carboxylic acids is 1. The standard InChI is InChI=1S/C16H13ClF3N7O2/c1-27-7-21-14(26-27)8-4-3-5-9(13(8)29-2)22-10-6-11(17)24-25-12(10)15(28)23-16(18,19)20/h3-7H,1-2H3,(H,22,24)(H,23,28). The van der Waals surface area contributed by atoms with Crippen molar-refractivity contribution in [2.24, 2.45) is 7.05 Å². The zero-order chi connectivity index (χ0) is 21.2. The van der Waals surface area contributed by atoms with Gasteiger partial charge in [-0.2, -0.15) is 18.3 Å². The van der Waals surface area contributed by atoms with E-state index >= 15 is 0 Å². The summed E-state index contributed by atoms with van der Waals surface area (Å²) in [5.74, 6) is -0.826. The second-order valence-electron chi connectivity index (χ2n) is 5.63. The molecular weight excluding hydrogens is 415 g/mol. The first kappa shape index (κ1) is 20.3. The van der Waals surface area contributed by atoms with E-state index in [1.54, 1.807) is 25.2 Å². The molecule has 0 atom stereocenters. The lowest BCUT2D eigenvalue weighted by atomic mass is 10.1. The third-order valence-corrected chi connectivity index (χ3v) is 3.75. The van der Waals surface area contributed by atoms with Crippen LogP contribution in [0, 0.1) is 0 Å². The molecule has 3 rings (SSSR count). The highest BCUT2D eigenvalue weighted by atomic mass is 35.5. The van der Waals surface area contributed by atoms with Crippen LogP contribution in [0.2, 0.25) is 5.15 Å². The van der Waals surface area contributed by atoms with E-state index in [0.29, 0.717) is 22.8 Å². The average molecular weight is 428 g/mol. The number of alkyl halides is 3. The fourth-order valence-electron chi connectivity index (χ4n) is 2.46. The molecular formula is C16H13ClF3N7O2. The maximum absolute atomic E-state index is 12.5. The molecule has 152 valence electrons. The van der Waals surface area contributed by atoms with Crippen molar-refractivity contribution in [3.63, 3.8) is 0 Å². The fourth-order valence-corrected chi connectivity index (χ4v) is 2.61. The zero-order valence-electron chi connectivity index (χ0n) is 15.0. The normalized spacial score (nSPS) is 11.2. The van der Waals surface area contributed by atoms with Crippen molar-refractivity contribution < 1.29 is 22.7 Å². The van der Waals surface area contributed by atoms with Crippen LogP contribution in [0.1, 0.15) is 10.5 Å². The highest BCUT2D eigenvalue weighted by Crippen LogP contribution is 2.37. The molecule has 0 aliphatic carbocycles. The topological polar surface area (TPSA) is 107 Å². The summed E-state index contributed by atoms with van der Waals surface area (Å²) in [6.07, 6.45) is -3.43. The molecule has 3 aromatic rings. The maximum Gasteiger partial charge on any atom is 0.484 e. The Morgan fingerprint density at radius 2 is 2.00 bits per heavy atom. The van der Waals surface area contributed by atoms with Gasteiger partial charge in [0.25, 0.3) is 5.91 Å². The quantitative estimate of drug-likeness (QED) is 0.603. The first-order valence-electron chi connectivity index (χ1n) is 7.90. The molecule has 29 heavy (non-hydrogen) atoms. The Morgan fingerprint density at radius 1 is 1.24 bits per heavy atom. The lowest BCUT2D eigenvalue weighted by Crippen LogP contribution is -2.38. The fraction of sp³-hybridized carbons (Fsp3) is 0.188. The molecule has 0 radical (unpaired) electrons. The van der Waals surface area contributed by atoms with E-state index in [1.807, 2.05) is 0 Å². The molecule has 9 nitrogen and oxygen atoms in total. The zero-order valence-corrected chi connectivity index (χ0v) is 15.7. The summed E-state index contributed by atoms with van der Waals surface area (Å²) in [6, 6.07) is 6.12. The first-order chi connectivity index (χ1) is 13.7. The molecule has 1 amide bonds. The first-order valence-corrected chi connectivity index (χ1v) is 8.28. The van der Waals surface area contributed by atoms with Crippen molar-refractivity contribution in [2.45, 2.75) is 6.30 Å². The Labute approximate surface area is 166 Å². The highest BCUT2D eigenvalue weighted by molar-refractivity contribution is 6.29. The monoisotopic (exact) mass is 427 g/mol. The van der Waals surface area contributed by atoms with Gasteiger partial charge in [-0.1, -0.05) is 17.7 Å². The Hall–Kier alpha value is -3.41. The van der Waals surface area contributed by atoms with Gasteiger partial charge in [0.15, 0.2) is 22.4 Å². The summed E-state index contributed by atoms with van der Waals surface area (Å²) in [5, 5.41) is 14.7. The molecule has 0 saturated carbocycles. The molecule has 2 aromatic heterocycles. The molecule has 2 N–H and O–H groups in total. The van der Waals surface area contributed by atoms with Gasteiger partial charge >= 0.3 is 6.30 Å². The van der Waals surface area contributed by atoms with Crippen LogP contribution < -0.4 is 15.4 Å². The van der Waals surface area contributed by atoms with Gasteiger partial charge in [-0.15, -0.1) is 10.2 Å². The molecule has 0 unspecified atom stereocenters. The summed E-state index contributed by atoms with van der Waals surface area (Å²) in [6.45, 7) is 0. The van der Waals surface area contributed by atoms with Gasteiger partial charge in [0.2, 0.25) is 0 Å². The molecule has 0 saturated heterocycles. The summed E-state index contributed by atoms with van der Waals surface area (Å²) in [4.78, 5) is 16.1. The highest BCUT2D eigenvalue weighted by Gasteiger charge is 2.32. The Kier molecular flexibility index (Phi) is 5.55. The molecule has 0 aliphatic rings. The van der Waals surface area contributed by atoms with E-state index in [-0.39, 0.29) is 10.8 Å². The number of benzene rings is 1. The molecule has 0 bridgehead atoms. The number of aromatic nitrogens is 5. The number of anilines is 2. The Bertz CT molecular complexity index is 1060. The number of hydrogen-bond acceptors (Lipinski definition) is 7. The summed E-state index contributed by atoms with van der Waals surface area (Å²) >= 11 is 5.80. The minimum atomic E-state index is -4.93. The predicted molar refractivity (Wildman–Crippen MR) is 96.8 cm³/mol. The number of rotatable bonds is 5. The van der Waals surface area contributed by atoms with Crippen LogP contribution in [0.5, 0.6) is 5.75 Å².